The molecule has 86 valence electrons. The maximum Gasteiger partial charge on any atom is 0.372 e. The zero-order valence-electron chi connectivity index (χ0n) is 8.84. The number of hydrogen-bond donors (Lipinski definition) is 1. The molecule has 0 spiro atoms. The van der Waals surface area contributed by atoms with Crippen molar-refractivity contribution in [3.05, 3.63) is 16.4 Å². The molecule has 1 fully saturated rings. The zero-order valence-corrected chi connectivity index (χ0v) is 8.84. The van der Waals surface area contributed by atoms with Crippen molar-refractivity contribution < 1.29 is 9.66 Å². The highest BCUT2D eigenvalue weighted by molar-refractivity contribution is 5.61. The van der Waals surface area contributed by atoms with E-state index in [1.165, 1.54) is 6.33 Å². The lowest BCUT2D eigenvalue weighted by atomic mass is 10.4. The number of nitrogens with zero attached hydrogens (tertiary/aromatic N) is 3. The highest BCUT2D eigenvalue weighted by Crippen LogP contribution is 2.34. The molecule has 7 heteroatoms. The molecule has 0 atom stereocenters. The number of ether oxygens (including phenoxy) is 1. The Hall–Kier alpha value is -1.92. The summed E-state index contributed by atoms with van der Waals surface area (Å²) in [5, 5.41) is 13.9. The molecule has 0 amide bonds. The summed E-state index contributed by atoms with van der Waals surface area (Å²) < 4.78 is 5.11. The number of nitrogens with one attached hydrogen (secondary N) is 1. The van der Waals surface area contributed by atoms with Gasteiger partial charge in [-0.25, -0.2) is 4.98 Å². The van der Waals surface area contributed by atoms with Crippen LogP contribution in [0.5, 0.6) is 5.88 Å². The van der Waals surface area contributed by atoms with Gasteiger partial charge >= 0.3 is 5.69 Å². The Morgan fingerprint density at radius 1 is 1.62 bits per heavy atom. The van der Waals surface area contributed by atoms with E-state index in [-0.39, 0.29) is 17.4 Å². The molecule has 7 nitrogen and oxygen atoms in total. The van der Waals surface area contributed by atoms with Gasteiger partial charge in [-0.2, -0.15) is 4.98 Å². The summed E-state index contributed by atoms with van der Waals surface area (Å²) >= 11 is 0. The second kappa shape index (κ2) is 4.30. The summed E-state index contributed by atoms with van der Waals surface area (Å²) in [5.41, 5.74) is -0.184. The molecular formula is C9H12N4O3. The predicted molar refractivity (Wildman–Crippen MR) is 56.5 cm³/mol. The van der Waals surface area contributed by atoms with E-state index >= 15 is 0 Å². The predicted octanol–water partition coefficient (Wildman–Crippen LogP) is 1.36. The fourth-order valence-electron chi connectivity index (χ4n) is 1.30. The van der Waals surface area contributed by atoms with E-state index in [0.717, 1.165) is 12.8 Å². The van der Waals surface area contributed by atoms with Crippen LogP contribution in [0, 0.1) is 10.1 Å². The Labute approximate surface area is 92.0 Å². The lowest BCUT2D eigenvalue weighted by Crippen LogP contribution is -2.09. The van der Waals surface area contributed by atoms with Crippen LogP contribution >= 0.6 is 0 Å². The molecular weight excluding hydrogens is 212 g/mol. The molecule has 1 N–H and O–H groups in total. The van der Waals surface area contributed by atoms with Gasteiger partial charge in [0.25, 0.3) is 5.88 Å². The first kappa shape index (κ1) is 10.6. The Balaban J connectivity index is 2.33. The van der Waals surface area contributed by atoms with Gasteiger partial charge in [0.2, 0.25) is 5.82 Å². The van der Waals surface area contributed by atoms with Crippen LogP contribution in [-0.2, 0) is 0 Å². The second-order valence-corrected chi connectivity index (χ2v) is 3.48. The molecule has 16 heavy (non-hydrogen) atoms. The SMILES string of the molecule is CCOc1ncnc(NC2CC2)c1[N+](=O)[O-]. The largest absolute Gasteiger partial charge is 0.473 e. The monoisotopic (exact) mass is 224 g/mol. The van der Waals surface area contributed by atoms with Gasteiger partial charge in [0, 0.05) is 6.04 Å². The van der Waals surface area contributed by atoms with Crippen molar-refractivity contribution in [1.29, 1.82) is 0 Å². The Morgan fingerprint density at radius 2 is 2.38 bits per heavy atom. The van der Waals surface area contributed by atoms with Gasteiger partial charge in [0.1, 0.15) is 6.33 Å². The summed E-state index contributed by atoms with van der Waals surface area (Å²) in [4.78, 5) is 18.0. The summed E-state index contributed by atoms with van der Waals surface area (Å²) in [5.74, 6) is 0.261. The summed E-state index contributed by atoms with van der Waals surface area (Å²) in [7, 11) is 0. The minimum atomic E-state index is -0.518. The summed E-state index contributed by atoms with van der Waals surface area (Å²) in [6, 6.07) is 0.295. The first-order valence-corrected chi connectivity index (χ1v) is 5.11. The van der Waals surface area contributed by atoms with E-state index < -0.39 is 4.92 Å². The third-order valence-corrected chi connectivity index (χ3v) is 2.17. The maximum absolute atomic E-state index is 10.9. The molecule has 0 bridgehead atoms. The fraction of sp³-hybridized carbons (Fsp3) is 0.556. The highest BCUT2D eigenvalue weighted by Gasteiger charge is 2.29. The number of aromatic nitrogens is 2. The van der Waals surface area contributed by atoms with Gasteiger partial charge in [-0.3, -0.25) is 10.1 Å². The van der Waals surface area contributed by atoms with Crippen LogP contribution in [0.3, 0.4) is 0 Å². The molecule has 2 rings (SSSR count). The molecule has 0 aliphatic heterocycles. The Kier molecular flexibility index (Phi) is 2.84. The van der Waals surface area contributed by atoms with Gasteiger partial charge < -0.3 is 10.1 Å². The number of anilines is 1. The molecule has 1 aromatic heterocycles. The quantitative estimate of drug-likeness (QED) is 0.599. The minimum absolute atomic E-state index is 0.0191. The Morgan fingerprint density at radius 3 is 2.94 bits per heavy atom. The van der Waals surface area contributed by atoms with Crippen LogP contribution in [0.25, 0.3) is 0 Å². The lowest BCUT2D eigenvalue weighted by molar-refractivity contribution is -0.385. The van der Waals surface area contributed by atoms with Crippen LogP contribution in [0.1, 0.15) is 19.8 Å². The molecule has 0 unspecified atom stereocenters. The average Bonchev–Trinajstić information content (AvgIpc) is 3.02. The normalized spacial score (nSPS) is 14.6. The van der Waals surface area contributed by atoms with Crippen molar-refractivity contribution in [3.8, 4) is 5.88 Å². The van der Waals surface area contributed by atoms with Crippen molar-refractivity contribution in [3.63, 3.8) is 0 Å². The van der Waals surface area contributed by atoms with Crippen LogP contribution in [0.15, 0.2) is 6.33 Å². The molecule has 1 saturated carbocycles. The van der Waals surface area contributed by atoms with E-state index in [1.54, 1.807) is 6.92 Å². The molecule has 1 aliphatic rings. The third kappa shape index (κ3) is 2.18. The van der Waals surface area contributed by atoms with Crippen molar-refractivity contribution in [2.24, 2.45) is 0 Å². The standard InChI is InChI=1S/C9H12N4O3/c1-2-16-9-7(13(14)15)8(10-5-11-9)12-6-3-4-6/h5-6H,2-4H2,1H3,(H,10,11,12). The second-order valence-electron chi connectivity index (χ2n) is 3.48. The molecule has 0 saturated heterocycles. The number of rotatable bonds is 5. The van der Waals surface area contributed by atoms with Crippen LogP contribution < -0.4 is 10.1 Å². The number of nitro groups is 1. The van der Waals surface area contributed by atoms with E-state index in [2.05, 4.69) is 15.3 Å². The highest BCUT2D eigenvalue weighted by atomic mass is 16.6. The molecule has 1 aromatic rings. The smallest absolute Gasteiger partial charge is 0.372 e. The van der Waals surface area contributed by atoms with Gasteiger partial charge in [-0.05, 0) is 19.8 Å². The van der Waals surface area contributed by atoms with Gasteiger partial charge in [0.05, 0.1) is 11.5 Å². The van der Waals surface area contributed by atoms with Crippen molar-refractivity contribution in [1.82, 2.24) is 9.97 Å². The lowest BCUT2D eigenvalue weighted by Gasteiger charge is -2.07. The topological polar surface area (TPSA) is 90.2 Å². The number of hydrogen-bond acceptors (Lipinski definition) is 6. The zero-order chi connectivity index (χ0) is 11.5. The van der Waals surface area contributed by atoms with Gasteiger partial charge in [-0.15, -0.1) is 0 Å². The van der Waals surface area contributed by atoms with E-state index in [0.29, 0.717) is 12.6 Å². The van der Waals surface area contributed by atoms with E-state index in [1.807, 2.05) is 0 Å². The molecule has 0 radical (unpaired) electrons. The average molecular weight is 224 g/mol. The first-order chi connectivity index (χ1) is 7.72. The molecule has 0 aromatic carbocycles. The van der Waals surface area contributed by atoms with Crippen LogP contribution in [0.2, 0.25) is 0 Å². The summed E-state index contributed by atoms with van der Waals surface area (Å²) in [6.07, 6.45) is 3.30. The van der Waals surface area contributed by atoms with Crippen LogP contribution in [0.4, 0.5) is 11.5 Å². The fourth-order valence-corrected chi connectivity index (χ4v) is 1.30. The minimum Gasteiger partial charge on any atom is -0.473 e. The van der Waals surface area contributed by atoms with E-state index in [9.17, 15) is 10.1 Å². The van der Waals surface area contributed by atoms with Crippen LogP contribution in [-0.4, -0.2) is 27.5 Å². The van der Waals surface area contributed by atoms with Crippen molar-refractivity contribution >= 4 is 11.5 Å². The first-order valence-electron chi connectivity index (χ1n) is 5.11. The Bertz CT molecular complexity index is 406. The van der Waals surface area contributed by atoms with Crippen molar-refractivity contribution in [2.45, 2.75) is 25.8 Å². The van der Waals surface area contributed by atoms with E-state index in [4.69, 9.17) is 4.74 Å². The molecule has 1 aliphatic carbocycles. The summed E-state index contributed by atoms with van der Waals surface area (Å²) in [6.45, 7) is 2.08. The molecule has 1 heterocycles. The maximum atomic E-state index is 10.9. The third-order valence-electron chi connectivity index (χ3n) is 2.17. The van der Waals surface area contributed by atoms with Gasteiger partial charge in [-0.1, -0.05) is 0 Å². The van der Waals surface area contributed by atoms with Gasteiger partial charge in [0.15, 0.2) is 0 Å². The van der Waals surface area contributed by atoms with Crippen molar-refractivity contribution in [2.75, 3.05) is 11.9 Å².